The van der Waals surface area contributed by atoms with E-state index < -0.39 is 0 Å². The normalized spacial score (nSPS) is 36.6. The second-order valence-electron chi connectivity index (χ2n) is 1.28. The van der Waals surface area contributed by atoms with Crippen molar-refractivity contribution in [3.05, 3.63) is 6.92 Å². The Balaban J connectivity index is 2.08. The smallest absolute Gasteiger partial charge is 0.0598 e. The van der Waals surface area contributed by atoms with E-state index in [1.165, 1.54) is 0 Å². The lowest BCUT2D eigenvalue weighted by Crippen LogP contribution is -2.22. The fourth-order valence-electron chi connectivity index (χ4n) is 0.285. The van der Waals surface area contributed by atoms with Gasteiger partial charge in [0.15, 0.2) is 0 Å². The van der Waals surface area contributed by atoms with E-state index in [0.717, 1.165) is 13.0 Å². The Kier molecular flexibility index (Phi) is 0.618. The Morgan fingerprint density at radius 3 is 2.20 bits per heavy atom. The molecule has 0 amide bonds. The standard InChI is InChI=1S/C4H7O/c1-4-2-3-5-4/h4H,1-3H2/t4-/m0/s1. The summed E-state index contributed by atoms with van der Waals surface area (Å²) in [5.74, 6) is 0. The van der Waals surface area contributed by atoms with Gasteiger partial charge in [0, 0.05) is 6.61 Å². The van der Waals surface area contributed by atoms with Crippen LogP contribution < -0.4 is 0 Å². The van der Waals surface area contributed by atoms with Gasteiger partial charge in [0.2, 0.25) is 0 Å². The predicted molar refractivity (Wildman–Crippen MR) is 19.7 cm³/mol. The molecule has 0 N–H and O–H groups in total. The molecular weight excluding hydrogens is 64.0 g/mol. The zero-order chi connectivity index (χ0) is 3.70. The van der Waals surface area contributed by atoms with Crippen LogP contribution in [0.2, 0.25) is 0 Å². The molecule has 1 heteroatoms. The Morgan fingerprint density at radius 2 is 2.20 bits per heavy atom. The average Bonchev–Trinajstić information content (AvgIpc) is 1.30. The summed E-state index contributed by atoms with van der Waals surface area (Å²) >= 11 is 0. The van der Waals surface area contributed by atoms with Crippen molar-refractivity contribution in [2.75, 3.05) is 6.61 Å². The summed E-state index contributed by atoms with van der Waals surface area (Å²) in [6, 6.07) is 0. The minimum absolute atomic E-state index is 0.315. The largest absolute Gasteiger partial charge is 0.378 e. The minimum atomic E-state index is 0.315. The van der Waals surface area contributed by atoms with E-state index in [2.05, 4.69) is 6.92 Å². The molecule has 0 aromatic rings. The van der Waals surface area contributed by atoms with Crippen molar-refractivity contribution >= 4 is 0 Å². The molecule has 0 unspecified atom stereocenters. The van der Waals surface area contributed by atoms with Crippen molar-refractivity contribution in [1.82, 2.24) is 0 Å². The third-order valence-corrected chi connectivity index (χ3v) is 0.793. The Hall–Kier alpha value is -0.0400. The maximum atomic E-state index is 4.82. The molecule has 0 bridgehead atoms. The molecule has 1 nitrogen and oxygen atoms in total. The third-order valence-electron chi connectivity index (χ3n) is 0.793. The zero-order valence-electron chi connectivity index (χ0n) is 3.11. The summed E-state index contributed by atoms with van der Waals surface area (Å²) in [6.07, 6.45) is 1.47. The van der Waals surface area contributed by atoms with Crippen LogP contribution in [-0.4, -0.2) is 12.7 Å². The summed E-state index contributed by atoms with van der Waals surface area (Å²) < 4.78 is 4.82. The summed E-state index contributed by atoms with van der Waals surface area (Å²) in [6.45, 7) is 4.55. The van der Waals surface area contributed by atoms with E-state index in [-0.39, 0.29) is 0 Å². The number of hydrogen-bond acceptors (Lipinski definition) is 1. The molecule has 1 aliphatic rings. The maximum absolute atomic E-state index is 4.82. The van der Waals surface area contributed by atoms with Gasteiger partial charge in [-0.2, -0.15) is 0 Å². The highest BCUT2D eigenvalue weighted by molar-refractivity contribution is 4.66. The molecule has 1 atom stereocenters. The van der Waals surface area contributed by atoms with Crippen LogP contribution >= 0.6 is 0 Å². The summed E-state index contributed by atoms with van der Waals surface area (Å²) in [4.78, 5) is 0. The molecular formula is C4H7O. The van der Waals surface area contributed by atoms with Crippen molar-refractivity contribution in [3.8, 4) is 0 Å². The van der Waals surface area contributed by atoms with Gasteiger partial charge in [0.05, 0.1) is 6.10 Å². The third kappa shape index (κ3) is 0.428. The quantitative estimate of drug-likeness (QED) is 0.406. The summed E-state index contributed by atoms with van der Waals surface area (Å²) in [7, 11) is 0. The number of ether oxygens (including phenoxy) is 1. The zero-order valence-corrected chi connectivity index (χ0v) is 3.11. The summed E-state index contributed by atoms with van der Waals surface area (Å²) in [5.41, 5.74) is 0. The Morgan fingerprint density at radius 1 is 1.80 bits per heavy atom. The average molecular weight is 71.1 g/mol. The van der Waals surface area contributed by atoms with Crippen LogP contribution in [0.5, 0.6) is 0 Å². The van der Waals surface area contributed by atoms with Crippen molar-refractivity contribution < 1.29 is 4.74 Å². The van der Waals surface area contributed by atoms with Crippen LogP contribution in [0.25, 0.3) is 0 Å². The molecule has 0 spiro atoms. The second kappa shape index (κ2) is 0.977. The van der Waals surface area contributed by atoms with Crippen LogP contribution in [-0.2, 0) is 4.74 Å². The van der Waals surface area contributed by atoms with Gasteiger partial charge in [-0.1, -0.05) is 0 Å². The van der Waals surface area contributed by atoms with Gasteiger partial charge in [-0.05, 0) is 13.3 Å². The molecule has 0 saturated carbocycles. The molecule has 0 aromatic carbocycles. The fraction of sp³-hybridized carbons (Fsp3) is 0.750. The van der Waals surface area contributed by atoms with Gasteiger partial charge < -0.3 is 4.74 Å². The Labute approximate surface area is 31.9 Å². The van der Waals surface area contributed by atoms with E-state index in [0.29, 0.717) is 6.10 Å². The lowest BCUT2D eigenvalue weighted by atomic mass is 10.2. The molecule has 1 rings (SSSR count). The number of rotatable bonds is 0. The molecule has 1 aliphatic heterocycles. The monoisotopic (exact) mass is 71.0 g/mol. The first-order valence-electron chi connectivity index (χ1n) is 1.84. The second-order valence-corrected chi connectivity index (χ2v) is 1.28. The van der Waals surface area contributed by atoms with Gasteiger partial charge in [0.25, 0.3) is 0 Å². The first kappa shape index (κ1) is 3.16. The summed E-state index contributed by atoms with van der Waals surface area (Å²) in [5, 5.41) is 0. The van der Waals surface area contributed by atoms with Gasteiger partial charge in [-0.15, -0.1) is 0 Å². The molecule has 5 heavy (non-hydrogen) atoms. The maximum Gasteiger partial charge on any atom is 0.0598 e. The van der Waals surface area contributed by atoms with E-state index in [1.807, 2.05) is 0 Å². The van der Waals surface area contributed by atoms with Crippen LogP contribution in [0.1, 0.15) is 6.42 Å². The molecule has 29 valence electrons. The molecule has 1 heterocycles. The highest BCUT2D eigenvalue weighted by Gasteiger charge is 2.09. The van der Waals surface area contributed by atoms with Crippen molar-refractivity contribution in [1.29, 1.82) is 0 Å². The molecule has 1 saturated heterocycles. The number of hydrogen-bond donors (Lipinski definition) is 0. The highest BCUT2D eigenvalue weighted by Crippen LogP contribution is 2.06. The van der Waals surface area contributed by atoms with Gasteiger partial charge in [-0.25, -0.2) is 0 Å². The molecule has 0 aliphatic carbocycles. The fourth-order valence-corrected chi connectivity index (χ4v) is 0.285. The van der Waals surface area contributed by atoms with Crippen LogP contribution in [0.4, 0.5) is 0 Å². The van der Waals surface area contributed by atoms with E-state index in [9.17, 15) is 0 Å². The Bertz CT molecular complexity index is 30.6. The lowest BCUT2D eigenvalue weighted by Gasteiger charge is -2.20. The predicted octanol–water partition coefficient (Wildman–Crippen LogP) is 0.609. The first-order valence-corrected chi connectivity index (χ1v) is 1.84. The van der Waals surface area contributed by atoms with Crippen molar-refractivity contribution in [2.45, 2.75) is 12.5 Å². The van der Waals surface area contributed by atoms with Gasteiger partial charge >= 0.3 is 0 Å². The van der Waals surface area contributed by atoms with E-state index in [1.54, 1.807) is 0 Å². The van der Waals surface area contributed by atoms with Crippen molar-refractivity contribution in [2.24, 2.45) is 0 Å². The lowest BCUT2D eigenvalue weighted by molar-refractivity contribution is -0.0204. The topological polar surface area (TPSA) is 9.23 Å². The van der Waals surface area contributed by atoms with Gasteiger partial charge in [0.1, 0.15) is 0 Å². The van der Waals surface area contributed by atoms with Crippen LogP contribution in [0.3, 0.4) is 0 Å². The first-order chi connectivity index (χ1) is 2.39. The molecule has 0 aromatic heterocycles. The van der Waals surface area contributed by atoms with E-state index in [4.69, 9.17) is 4.74 Å². The van der Waals surface area contributed by atoms with Gasteiger partial charge in [-0.3, -0.25) is 0 Å². The highest BCUT2D eigenvalue weighted by atomic mass is 16.5. The molecule has 1 radical (unpaired) electrons. The van der Waals surface area contributed by atoms with Crippen LogP contribution in [0.15, 0.2) is 0 Å². The molecule has 1 fully saturated rings. The van der Waals surface area contributed by atoms with Crippen molar-refractivity contribution in [3.63, 3.8) is 0 Å². The van der Waals surface area contributed by atoms with Crippen LogP contribution in [0, 0.1) is 6.92 Å². The SMILES string of the molecule is [CH2][C@H]1CCO1. The van der Waals surface area contributed by atoms with E-state index >= 15 is 0 Å². The minimum Gasteiger partial charge on any atom is -0.378 e.